The smallest absolute Gasteiger partial charge is 0.245 e. The first kappa shape index (κ1) is 15.5. The van der Waals surface area contributed by atoms with E-state index in [0.29, 0.717) is 18.3 Å². The maximum absolute atomic E-state index is 12.6. The van der Waals surface area contributed by atoms with Crippen LogP contribution in [0.1, 0.15) is 51.2 Å². The summed E-state index contributed by atoms with van der Waals surface area (Å²) in [7, 11) is -3.54. The normalized spacial score (nSPS) is 21.2. The fourth-order valence-corrected chi connectivity index (χ4v) is 5.20. The highest BCUT2D eigenvalue weighted by Crippen LogP contribution is 2.37. The lowest BCUT2D eigenvalue weighted by Gasteiger charge is -2.41. The topological polar surface area (TPSA) is 71.3 Å². The summed E-state index contributed by atoms with van der Waals surface area (Å²) in [5, 5.41) is 3.32. The molecular formula is C14H21BrN2O3S. The molecule has 2 fully saturated rings. The zero-order valence-corrected chi connectivity index (χ0v) is 14.5. The van der Waals surface area contributed by atoms with E-state index in [1.54, 1.807) is 6.07 Å². The van der Waals surface area contributed by atoms with Crippen molar-refractivity contribution in [3.05, 3.63) is 16.5 Å². The molecule has 0 amide bonds. The van der Waals surface area contributed by atoms with Crippen molar-refractivity contribution in [2.45, 2.75) is 68.5 Å². The van der Waals surface area contributed by atoms with Crippen LogP contribution in [0.4, 0.5) is 0 Å². The first-order valence-electron chi connectivity index (χ1n) is 7.50. The predicted molar refractivity (Wildman–Crippen MR) is 83.5 cm³/mol. The number of furan rings is 1. The lowest BCUT2D eigenvalue weighted by atomic mass is 9.76. The van der Waals surface area contributed by atoms with Crippen LogP contribution >= 0.6 is 15.9 Å². The summed E-state index contributed by atoms with van der Waals surface area (Å²) in [6, 6.07) is 2.18. The summed E-state index contributed by atoms with van der Waals surface area (Å²) >= 11 is 3.23. The van der Waals surface area contributed by atoms with Gasteiger partial charge in [0.2, 0.25) is 10.0 Å². The molecule has 7 heteroatoms. The van der Waals surface area contributed by atoms with Gasteiger partial charge in [-0.05, 0) is 54.5 Å². The van der Waals surface area contributed by atoms with Gasteiger partial charge in [-0.25, -0.2) is 13.1 Å². The molecule has 2 aliphatic carbocycles. The zero-order valence-electron chi connectivity index (χ0n) is 12.1. The van der Waals surface area contributed by atoms with Gasteiger partial charge in [0.15, 0.2) is 4.67 Å². The predicted octanol–water partition coefficient (Wildman–Crippen LogP) is 2.91. The summed E-state index contributed by atoms with van der Waals surface area (Å²) in [4.78, 5) is 0.204. The van der Waals surface area contributed by atoms with Gasteiger partial charge in [0.25, 0.3) is 0 Å². The highest BCUT2D eigenvalue weighted by molar-refractivity contribution is 9.10. The van der Waals surface area contributed by atoms with Crippen molar-refractivity contribution >= 4 is 26.0 Å². The minimum atomic E-state index is -3.54. The van der Waals surface area contributed by atoms with E-state index < -0.39 is 10.0 Å². The quantitative estimate of drug-likeness (QED) is 0.767. The lowest BCUT2D eigenvalue weighted by molar-refractivity contribution is 0.213. The molecule has 2 aliphatic rings. The minimum Gasteiger partial charge on any atom is -0.452 e. The second kappa shape index (κ2) is 5.68. The van der Waals surface area contributed by atoms with Crippen molar-refractivity contribution in [2.24, 2.45) is 0 Å². The second-order valence-corrected chi connectivity index (χ2v) is 8.47. The molecular weight excluding hydrogens is 356 g/mol. The zero-order chi connectivity index (χ0) is 15.1. The third-order valence-electron chi connectivity index (χ3n) is 4.48. The Hall–Kier alpha value is -0.370. The summed E-state index contributed by atoms with van der Waals surface area (Å²) in [5.41, 5.74) is -0.262. The molecule has 1 heterocycles. The van der Waals surface area contributed by atoms with Gasteiger partial charge in [-0.15, -0.1) is 0 Å². The maximum atomic E-state index is 12.6. The molecule has 0 bridgehead atoms. The fraction of sp³-hybridized carbons (Fsp3) is 0.714. The van der Waals surface area contributed by atoms with Crippen molar-refractivity contribution in [3.63, 3.8) is 0 Å². The van der Waals surface area contributed by atoms with Crippen LogP contribution in [0.5, 0.6) is 0 Å². The molecule has 2 N–H and O–H groups in total. The second-order valence-electron chi connectivity index (χ2n) is 6.10. The van der Waals surface area contributed by atoms with Crippen molar-refractivity contribution in [1.82, 2.24) is 10.0 Å². The molecule has 118 valence electrons. The average molecular weight is 377 g/mol. The van der Waals surface area contributed by atoms with Gasteiger partial charge < -0.3 is 9.73 Å². The summed E-state index contributed by atoms with van der Waals surface area (Å²) in [6.45, 7) is 2.59. The van der Waals surface area contributed by atoms with Crippen molar-refractivity contribution in [2.75, 3.05) is 0 Å². The van der Waals surface area contributed by atoms with Crippen molar-refractivity contribution in [3.8, 4) is 0 Å². The lowest BCUT2D eigenvalue weighted by Crippen LogP contribution is -2.52. The summed E-state index contributed by atoms with van der Waals surface area (Å²) < 4.78 is 33.8. The fourth-order valence-electron chi connectivity index (χ4n) is 2.67. The Balaban J connectivity index is 1.74. The largest absolute Gasteiger partial charge is 0.452 e. The molecule has 5 nitrogen and oxygen atoms in total. The van der Waals surface area contributed by atoms with Gasteiger partial charge in [0.1, 0.15) is 10.7 Å². The van der Waals surface area contributed by atoms with Gasteiger partial charge in [-0.2, -0.15) is 0 Å². The van der Waals surface area contributed by atoms with E-state index in [-0.39, 0.29) is 15.1 Å². The van der Waals surface area contributed by atoms with Crippen LogP contribution in [-0.4, -0.2) is 20.0 Å². The van der Waals surface area contributed by atoms with Crippen LogP contribution in [0.25, 0.3) is 0 Å². The Morgan fingerprint density at radius 2 is 2.14 bits per heavy atom. The standard InChI is InChI=1S/C14H21BrN2O3S/c1-2-14(6-3-7-14)17-21(18,19)12-8-11(20-13(12)15)9-16-10-4-5-10/h8,10,16-17H,2-7,9H2,1H3. The number of halogens is 1. The first-order valence-corrected chi connectivity index (χ1v) is 9.77. The highest BCUT2D eigenvalue weighted by atomic mass is 79.9. The van der Waals surface area contributed by atoms with E-state index in [0.717, 1.165) is 25.7 Å². The number of nitrogens with one attached hydrogen (secondary N) is 2. The summed E-state index contributed by atoms with van der Waals surface area (Å²) in [5.74, 6) is 0.647. The third kappa shape index (κ3) is 3.36. The molecule has 0 atom stereocenters. The SMILES string of the molecule is CCC1(NS(=O)(=O)c2cc(CNC3CC3)oc2Br)CCC1. The maximum Gasteiger partial charge on any atom is 0.245 e. The molecule has 0 radical (unpaired) electrons. The average Bonchev–Trinajstić information content (AvgIpc) is 3.14. The molecule has 1 aromatic rings. The minimum absolute atomic E-state index is 0.204. The van der Waals surface area contributed by atoms with Crippen LogP contribution in [0, 0.1) is 0 Å². The Bertz CT molecular complexity index is 613. The molecule has 3 rings (SSSR count). The van der Waals surface area contributed by atoms with Gasteiger partial charge >= 0.3 is 0 Å². The van der Waals surface area contributed by atoms with Crippen LogP contribution in [0.15, 0.2) is 20.0 Å². The molecule has 2 saturated carbocycles. The van der Waals surface area contributed by atoms with Crippen LogP contribution in [-0.2, 0) is 16.6 Å². The van der Waals surface area contributed by atoms with E-state index >= 15 is 0 Å². The van der Waals surface area contributed by atoms with Crippen molar-refractivity contribution < 1.29 is 12.8 Å². The summed E-state index contributed by atoms with van der Waals surface area (Å²) in [6.07, 6.45) is 6.10. The molecule has 0 unspecified atom stereocenters. The Labute approximate surface area is 134 Å². The molecule has 21 heavy (non-hydrogen) atoms. The number of hydrogen-bond donors (Lipinski definition) is 2. The van der Waals surface area contributed by atoms with E-state index in [1.807, 2.05) is 6.92 Å². The Morgan fingerprint density at radius 1 is 1.43 bits per heavy atom. The van der Waals surface area contributed by atoms with E-state index in [4.69, 9.17) is 4.42 Å². The van der Waals surface area contributed by atoms with Crippen molar-refractivity contribution in [1.29, 1.82) is 0 Å². The molecule has 0 spiro atoms. The molecule has 0 aliphatic heterocycles. The van der Waals surface area contributed by atoms with Gasteiger partial charge in [-0.3, -0.25) is 0 Å². The highest BCUT2D eigenvalue weighted by Gasteiger charge is 2.40. The van der Waals surface area contributed by atoms with Gasteiger partial charge in [0.05, 0.1) is 6.54 Å². The van der Waals surface area contributed by atoms with Gasteiger partial charge in [0, 0.05) is 17.6 Å². The van der Waals surface area contributed by atoms with E-state index in [2.05, 4.69) is 26.0 Å². The van der Waals surface area contributed by atoms with Gasteiger partial charge in [-0.1, -0.05) is 6.92 Å². The van der Waals surface area contributed by atoms with Crippen LogP contribution < -0.4 is 10.0 Å². The van der Waals surface area contributed by atoms with Crippen LogP contribution in [0.2, 0.25) is 0 Å². The molecule has 0 saturated heterocycles. The van der Waals surface area contributed by atoms with E-state index in [9.17, 15) is 8.42 Å². The Morgan fingerprint density at radius 3 is 2.67 bits per heavy atom. The first-order chi connectivity index (χ1) is 9.94. The third-order valence-corrected chi connectivity index (χ3v) is 6.91. The number of rotatable bonds is 7. The van der Waals surface area contributed by atoms with E-state index in [1.165, 1.54) is 12.8 Å². The number of sulfonamides is 1. The number of hydrogen-bond acceptors (Lipinski definition) is 4. The Kier molecular flexibility index (Phi) is 4.20. The monoisotopic (exact) mass is 376 g/mol. The molecule has 1 aromatic heterocycles. The molecule has 0 aromatic carbocycles. The van der Waals surface area contributed by atoms with Crippen LogP contribution in [0.3, 0.4) is 0 Å².